The van der Waals surface area contributed by atoms with Crippen LogP contribution in [0.5, 0.6) is 0 Å². The number of carbonyl (C=O) groups excluding carboxylic acids is 2. The standard InChI is InChI=1S/C19H20F3N3O2/c1-25(2)16-9-5-14(6-10-16)18(27)24-15-7-3-13(4-8-15)11-17(26)23-12-19(20,21)22/h3-10H,11-12H2,1-2H3,(H,23,26)(H,24,27). The van der Waals surface area contributed by atoms with Crippen LogP contribution in [0.4, 0.5) is 24.5 Å². The van der Waals surface area contributed by atoms with Gasteiger partial charge in [0.25, 0.3) is 5.91 Å². The highest BCUT2D eigenvalue weighted by Crippen LogP contribution is 2.16. The zero-order valence-corrected chi connectivity index (χ0v) is 14.9. The van der Waals surface area contributed by atoms with Crippen molar-refractivity contribution in [1.82, 2.24) is 5.32 Å². The number of amides is 2. The number of hydrogen-bond acceptors (Lipinski definition) is 3. The van der Waals surface area contributed by atoms with Gasteiger partial charge in [0.1, 0.15) is 6.54 Å². The lowest BCUT2D eigenvalue weighted by atomic mass is 10.1. The van der Waals surface area contributed by atoms with E-state index in [9.17, 15) is 22.8 Å². The quantitative estimate of drug-likeness (QED) is 0.810. The molecule has 0 bridgehead atoms. The Balaban J connectivity index is 1.91. The van der Waals surface area contributed by atoms with Crippen molar-refractivity contribution in [3.8, 4) is 0 Å². The summed E-state index contributed by atoms with van der Waals surface area (Å²) in [5, 5.41) is 4.55. The molecule has 0 aliphatic rings. The van der Waals surface area contributed by atoms with E-state index in [0.717, 1.165) is 5.69 Å². The number of rotatable bonds is 6. The van der Waals surface area contributed by atoms with Crippen LogP contribution in [0.15, 0.2) is 48.5 Å². The van der Waals surface area contributed by atoms with Gasteiger partial charge in [0.05, 0.1) is 6.42 Å². The second-order valence-electron chi connectivity index (χ2n) is 6.16. The molecule has 2 rings (SSSR count). The number of anilines is 2. The smallest absolute Gasteiger partial charge is 0.378 e. The molecule has 0 aliphatic carbocycles. The van der Waals surface area contributed by atoms with Crippen LogP contribution in [0.2, 0.25) is 0 Å². The molecule has 0 fully saturated rings. The Bertz CT molecular complexity index is 785. The highest BCUT2D eigenvalue weighted by atomic mass is 19.4. The van der Waals surface area contributed by atoms with Gasteiger partial charge in [-0.05, 0) is 42.0 Å². The molecule has 0 unspecified atom stereocenters. The van der Waals surface area contributed by atoms with E-state index in [0.29, 0.717) is 16.8 Å². The second kappa shape index (κ2) is 8.57. The summed E-state index contributed by atoms with van der Waals surface area (Å²) in [6.07, 6.45) is -4.61. The van der Waals surface area contributed by atoms with Gasteiger partial charge in [-0.1, -0.05) is 12.1 Å². The highest BCUT2D eigenvalue weighted by molar-refractivity contribution is 6.04. The van der Waals surface area contributed by atoms with E-state index in [1.54, 1.807) is 36.4 Å². The van der Waals surface area contributed by atoms with Gasteiger partial charge in [-0.15, -0.1) is 0 Å². The van der Waals surface area contributed by atoms with E-state index in [4.69, 9.17) is 0 Å². The highest BCUT2D eigenvalue weighted by Gasteiger charge is 2.27. The molecule has 5 nitrogen and oxygen atoms in total. The number of nitrogens with zero attached hydrogens (tertiary/aromatic N) is 1. The second-order valence-corrected chi connectivity index (χ2v) is 6.16. The van der Waals surface area contributed by atoms with Gasteiger partial charge in [0, 0.05) is 31.0 Å². The maximum Gasteiger partial charge on any atom is 0.405 e. The molecule has 144 valence electrons. The van der Waals surface area contributed by atoms with Crippen LogP contribution < -0.4 is 15.5 Å². The zero-order chi connectivity index (χ0) is 20.0. The van der Waals surface area contributed by atoms with Crippen molar-refractivity contribution >= 4 is 23.2 Å². The summed E-state index contributed by atoms with van der Waals surface area (Å²) in [5.41, 5.74) is 2.54. The first kappa shape index (κ1) is 20.3. The lowest BCUT2D eigenvalue weighted by molar-refractivity contribution is -0.138. The molecule has 0 aromatic heterocycles. The maximum absolute atomic E-state index is 12.2. The molecule has 0 radical (unpaired) electrons. The molecule has 0 atom stereocenters. The molecule has 2 amide bonds. The van der Waals surface area contributed by atoms with Crippen LogP contribution >= 0.6 is 0 Å². The summed E-state index contributed by atoms with van der Waals surface area (Å²) in [5.74, 6) is -0.999. The third-order valence-corrected chi connectivity index (χ3v) is 3.71. The third-order valence-electron chi connectivity index (χ3n) is 3.71. The van der Waals surface area contributed by atoms with Crippen LogP contribution in [0.25, 0.3) is 0 Å². The number of alkyl halides is 3. The van der Waals surface area contributed by atoms with Crippen molar-refractivity contribution in [3.05, 3.63) is 59.7 Å². The van der Waals surface area contributed by atoms with Gasteiger partial charge in [0.2, 0.25) is 5.91 Å². The molecule has 0 saturated carbocycles. The number of nitrogens with one attached hydrogen (secondary N) is 2. The van der Waals surface area contributed by atoms with Crippen LogP contribution in [0.3, 0.4) is 0 Å². The lowest BCUT2D eigenvalue weighted by Crippen LogP contribution is -2.34. The topological polar surface area (TPSA) is 61.4 Å². The van der Waals surface area contributed by atoms with Crippen molar-refractivity contribution in [3.63, 3.8) is 0 Å². The van der Waals surface area contributed by atoms with Crippen LogP contribution in [-0.4, -0.2) is 38.6 Å². The summed E-state index contributed by atoms with van der Waals surface area (Å²) in [6, 6.07) is 13.4. The molecule has 2 aromatic rings. The van der Waals surface area contributed by atoms with Crippen LogP contribution in [-0.2, 0) is 11.2 Å². The first-order valence-corrected chi connectivity index (χ1v) is 8.15. The summed E-state index contributed by atoms with van der Waals surface area (Å²) in [7, 11) is 3.81. The predicted molar refractivity (Wildman–Crippen MR) is 97.9 cm³/mol. The Kier molecular flexibility index (Phi) is 6.44. The molecule has 0 spiro atoms. The molecule has 2 N–H and O–H groups in total. The molecule has 0 saturated heterocycles. The van der Waals surface area contributed by atoms with E-state index in [1.807, 2.05) is 36.4 Å². The van der Waals surface area contributed by atoms with Crippen LogP contribution in [0.1, 0.15) is 15.9 Å². The fourth-order valence-corrected chi connectivity index (χ4v) is 2.27. The molecule has 8 heteroatoms. The molecule has 0 aliphatic heterocycles. The van der Waals surface area contributed by atoms with Gasteiger partial charge in [-0.25, -0.2) is 0 Å². The lowest BCUT2D eigenvalue weighted by Gasteiger charge is -2.12. The monoisotopic (exact) mass is 379 g/mol. The van der Waals surface area contributed by atoms with Gasteiger partial charge >= 0.3 is 6.18 Å². The summed E-state index contributed by atoms with van der Waals surface area (Å²) < 4.78 is 36.2. The van der Waals surface area contributed by atoms with Gasteiger partial charge < -0.3 is 15.5 Å². The predicted octanol–water partition coefficient (Wildman–Crippen LogP) is 3.23. The third kappa shape index (κ3) is 6.65. The van der Waals surface area contributed by atoms with Crippen molar-refractivity contribution in [1.29, 1.82) is 0 Å². The average Bonchev–Trinajstić information content (AvgIpc) is 2.61. The minimum Gasteiger partial charge on any atom is -0.378 e. The average molecular weight is 379 g/mol. The molecular formula is C19H20F3N3O2. The summed E-state index contributed by atoms with van der Waals surface area (Å²) >= 11 is 0. The fourth-order valence-electron chi connectivity index (χ4n) is 2.27. The zero-order valence-electron chi connectivity index (χ0n) is 14.9. The fraction of sp³-hybridized carbons (Fsp3) is 0.263. The minimum absolute atomic E-state index is 0.170. The van der Waals surface area contributed by atoms with Crippen molar-refractivity contribution in [2.75, 3.05) is 30.9 Å². The van der Waals surface area contributed by atoms with E-state index < -0.39 is 18.6 Å². The number of carbonyl (C=O) groups is 2. The van der Waals surface area contributed by atoms with E-state index in [2.05, 4.69) is 5.32 Å². The number of halogens is 3. The summed E-state index contributed by atoms with van der Waals surface area (Å²) in [4.78, 5) is 25.7. The number of benzene rings is 2. The SMILES string of the molecule is CN(C)c1ccc(C(=O)Nc2ccc(CC(=O)NCC(F)(F)F)cc2)cc1. The normalized spacial score (nSPS) is 11.0. The first-order chi connectivity index (χ1) is 12.6. The summed E-state index contributed by atoms with van der Waals surface area (Å²) in [6.45, 7) is -1.35. The Morgan fingerprint density at radius 3 is 2.07 bits per heavy atom. The van der Waals surface area contributed by atoms with Crippen LogP contribution in [0, 0.1) is 0 Å². The van der Waals surface area contributed by atoms with Gasteiger partial charge in [-0.3, -0.25) is 9.59 Å². The first-order valence-electron chi connectivity index (χ1n) is 8.15. The Hall–Kier alpha value is -3.03. The molecular weight excluding hydrogens is 359 g/mol. The van der Waals surface area contributed by atoms with Gasteiger partial charge in [0.15, 0.2) is 0 Å². The van der Waals surface area contributed by atoms with Crippen molar-refractivity contribution in [2.24, 2.45) is 0 Å². The van der Waals surface area contributed by atoms with E-state index in [-0.39, 0.29) is 12.3 Å². The Morgan fingerprint density at radius 1 is 0.963 bits per heavy atom. The molecule has 0 heterocycles. The molecule has 2 aromatic carbocycles. The minimum atomic E-state index is -4.44. The Labute approximate surface area is 155 Å². The number of hydrogen-bond donors (Lipinski definition) is 2. The van der Waals surface area contributed by atoms with E-state index >= 15 is 0 Å². The Morgan fingerprint density at radius 2 is 1.56 bits per heavy atom. The van der Waals surface area contributed by atoms with E-state index in [1.165, 1.54) is 0 Å². The van der Waals surface area contributed by atoms with Crippen molar-refractivity contribution in [2.45, 2.75) is 12.6 Å². The molecule has 27 heavy (non-hydrogen) atoms. The largest absolute Gasteiger partial charge is 0.405 e. The van der Waals surface area contributed by atoms with Crippen molar-refractivity contribution < 1.29 is 22.8 Å². The maximum atomic E-state index is 12.2. The van der Waals surface area contributed by atoms with Gasteiger partial charge in [-0.2, -0.15) is 13.2 Å².